The average Bonchev–Trinajstić information content (AvgIpc) is 3.09. The third-order valence-electron chi connectivity index (χ3n) is 8.23. The van der Waals surface area contributed by atoms with E-state index in [-0.39, 0.29) is 56.8 Å². The first-order valence-corrected chi connectivity index (χ1v) is 16.5. The minimum atomic E-state index is -1.34. The minimum Gasteiger partial charge on any atom is -0.508 e. The predicted octanol–water partition coefficient (Wildman–Crippen LogP) is -1.28. The second-order valence-corrected chi connectivity index (χ2v) is 12.2. The van der Waals surface area contributed by atoms with Crippen LogP contribution in [0.1, 0.15) is 36.8 Å². The Kier molecular flexibility index (Phi) is 13.3. The van der Waals surface area contributed by atoms with Gasteiger partial charge in [0.15, 0.2) is 5.96 Å². The molecule has 3 aromatic rings. The number of benzene rings is 3. The van der Waals surface area contributed by atoms with Gasteiger partial charge in [0, 0.05) is 25.8 Å². The molecule has 16 nitrogen and oxygen atoms in total. The van der Waals surface area contributed by atoms with Gasteiger partial charge in [-0.2, -0.15) is 0 Å². The molecular weight excluding hydrogens is 658 g/mol. The van der Waals surface area contributed by atoms with Gasteiger partial charge in [0.05, 0.1) is 6.54 Å². The number of primary amides is 1. The molecule has 1 aliphatic rings. The molecule has 4 rings (SSSR count). The van der Waals surface area contributed by atoms with Crippen LogP contribution in [0, 0.1) is 0 Å². The molecule has 0 aromatic heterocycles. The first kappa shape index (κ1) is 37.6. The van der Waals surface area contributed by atoms with Crippen molar-refractivity contribution >= 4 is 52.2 Å². The van der Waals surface area contributed by atoms with Crippen LogP contribution >= 0.6 is 0 Å². The summed E-state index contributed by atoms with van der Waals surface area (Å²) in [6, 6.07) is 14.2. The van der Waals surface area contributed by atoms with Crippen molar-refractivity contribution in [2.45, 2.75) is 62.7 Å². The molecule has 1 saturated heterocycles. The molecular formula is C35H43N9O7. The lowest BCUT2D eigenvalue weighted by Crippen LogP contribution is -2.58. The first-order chi connectivity index (χ1) is 24.4. The molecule has 16 heteroatoms. The molecule has 0 spiro atoms. The summed E-state index contributed by atoms with van der Waals surface area (Å²) in [5.74, 6) is -4.56. The lowest BCUT2D eigenvalue weighted by atomic mass is 10.0. The predicted molar refractivity (Wildman–Crippen MR) is 189 cm³/mol. The number of phenols is 1. The van der Waals surface area contributed by atoms with Crippen LogP contribution in [0.4, 0.5) is 0 Å². The van der Waals surface area contributed by atoms with Gasteiger partial charge < -0.3 is 48.9 Å². The van der Waals surface area contributed by atoms with Gasteiger partial charge >= 0.3 is 0 Å². The van der Waals surface area contributed by atoms with Crippen molar-refractivity contribution in [2.24, 2.45) is 22.2 Å². The summed E-state index contributed by atoms with van der Waals surface area (Å²) < 4.78 is 0. The zero-order valence-electron chi connectivity index (χ0n) is 27.9. The fourth-order valence-electron chi connectivity index (χ4n) is 5.57. The van der Waals surface area contributed by atoms with Crippen molar-refractivity contribution in [1.82, 2.24) is 26.6 Å². The molecule has 51 heavy (non-hydrogen) atoms. The van der Waals surface area contributed by atoms with Crippen molar-refractivity contribution < 1.29 is 33.9 Å². The summed E-state index contributed by atoms with van der Waals surface area (Å²) in [6.45, 7) is -0.399. The highest BCUT2D eigenvalue weighted by Gasteiger charge is 2.32. The van der Waals surface area contributed by atoms with Gasteiger partial charge in [-0.25, -0.2) is 0 Å². The van der Waals surface area contributed by atoms with E-state index in [0.717, 1.165) is 16.3 Å². The standard InChI is InChI=1S/C35H43N9O7/c36-29(46)14-13-26-33(50)42-25(6-3-15-39-35(37)38)32(49)44-27(18-21-7-10-22-4-1-2-5-23(22)16-21)31(48)40-19-30(47)41-28(34(51)43-26)17-20-8-11-24(45)12-9-20/h1-2,4-5,7-12,16,25-28,45H,3,6,13-15,17-19H2,(H2,36,46)(H,40,48)(H,41,47)(H,42,50)(H,43,51)(H,44,49)(H4,37,38,39). The van der Waals surface area contributed by atoms with Crippen LogP contribution in [0.5, 0.6) is 5.75 Å². The van der Waals surface area contributed by atoms with E-state index in [0.29, 0.717) is 5.56 Å². The summed E-state index contributed by atoms with van der Waals surface area (Å²) >= 11 is 0. The highest BCUT2D eigenvalue weighted by molar-refractivity contribution is 5.97. The fraction of sp³-hybridized carbons (Fsp3) is 0.343. The Labute approximate surface area is 294 Å². The van der Waals surface area contributed by atoms with E-state index in [4.69, 9.17) is 17.2 Å². The van der Waals surface area contributed by atoms with Gasteiger partial charge in [-0.15, -0.1) is 0 Å². The van der Waals surface area contributed by atoms with Crippen molar-refractivity contribution in [3.63, 3.8) is 0 Å². The van der Waals surface area contributed by atoms with Crippen LogP contribution in [0.3, 0.4) is 0 Å². The number of amides is 6. The fourth-order valence-corrected chi connectivity index (χ4v) is 5.57. The van der Waals surface area contributed by atoms with Crippen molar-refractivity contribution in [3.05, 3.63) is 77.9 Å². The van der Waals surface area contributed by atoms with Crippen LogP contribution in [-0.2, 0) is 41.6 Å². The van der Waals surface area contributed by atoms with Gasteiger partial charge in [-0.1, -0.05) is 54.6 Å². The Hall–Kier alpha value is -6.19. The van der Waals surface area contributed by atoms with Crippen LogP contribution in [0.2, 0.25) is 0 Å². The summed E-state index contributed by atoms with van der Waals surface area (Å²) in [5.41, 5.74) is 17.5. The summed E-state index contributed by atoms with van der Waals surface area (Å²) in [4.78, 5) is 83.5. The Balaban J connectivity index is 1.68. The first-order valence-electron chi connectivity index (χ1n) is 16.5. The van der Waals surface area contributed by atoms with Gasteiger partial charge in [0.2, 0.25) is 35.4 Å². The number of nitrogens with zero attached hydrogens (tertiary/aromatic N) is 1. The molecule has 4 unspecified atom stereocenters. The number of aliphatic imine (C=N–C) groups is 1. The molecule has 6 amide bonds. The number of aromatic hydroxyl groups is 1. The third kappa shape index (κ3) is 11.7. The van der Waals surface area contributed by atoms with E-state index < -0.39 is 66.2 Å². The lowest BCUT2D eigenvalue weighted by Gasteiger charge is -2.26. The molecule has 1 fully saturated rings. The maximum atomic E-state index is 13.8. The van der Waals surface area contributed by atoms with Gasteiger partial charge in [0.1, 0.15) is 29.9 Å². The number of phenolic OH excluding ortho intramolecular Hbond substituents is 1. The molecule has 1 heterocycles. The monoisotopic (exact) mass is 701 g/mol. The molecule has 0 aliphatic carbocycles. The number of carbonyl (C=O) groups is 6. The van der Waals surface area contributed by atoms with E-state index in [2.05, 4.69) is 31.6 Å². The highest BCUT2D eigenvalue weighted by atomic mass is 16.3. The Bertz CT molecular complexity index is 1780. The largest absolute Gasteiger partial charge is 0.508 e. The van der Waals surface area contributed by atoms with E-state index in [9.17, 15) is 33.9 Å². The van der Waals surface area contributed by atoms with Crippen molar-refractivity contribution in [2.75, 3.05) is 13.1 Å². The van der Waals surface area contributed by atoms with E-state index in [1.165, 1.54) is 12.1 Å². The molecule has 4 atom stereocenters. The zero-order valence-corrected chi connectivity index (χ0v) is 27.9. The zero-order chi connectivity index (χ0) is 36.9. The maximum Gasteiger partial charge on any atom is 0.243 e. The number of hydrogen-bond acceptors (Lipinski definition) is 8. The molecule has 12 N–H and O–H groups in total. The number of fused-ring (bicyclic) bond motifs is 1. The number of hydrogen-bond donors (Lipinski definition) is 9. The van der Waals surface area contributed by atoms with E-state index in [1.54, 1.807) is 12.1 Å². The average molecular weight is 702 g/mol. The summed E-state index contributed by atoms with van der Waals surface area (Å²) in [7, 11) is 0. The number of guanidine groups is 1. The molecule has 1 aliphatic heterocycles. The topological polar surface area (TPSA) is 273 Å². The normalized spacial score (nSPS) is 20.4. The highest BCUT2D eigenvalue weighted by Crippen LogP contribution is 2.17. The lowest BCUT2D eigenvalue weighted by molar-refractivity contribution is -0.134. The maximum absolute atomic E-state index is 13.8. The Morgan fingerprint density at radius 1 is 0.686 bits per heavy atom. The quantitative estimate of drug-likeness (QED) is 0.0653. The number of rotatable bonds is 11. The molecule has 3 aromatic carbocycles. The van der Waals surface area contributed by atoms with Crippen LogP contribution in [-0.4, -0.2) is 83.8 Å². The van der Waals surface area contributed by atoms with Crippen LogP contribution in [0.15, 0.2) is 71.7 Å². The third-order valence-corrected chi connectivity index (χ3v) is 8.23. The van der Waals surface area contributed by atoms with Gasteiger partial charge in [-0.05, 0) is 53.3 Å². The molecule has 0 saturated carbocycles. The van der Waals surface area contributed by atoms with Crippen LogP contribution in [0.25, 0.3) is 10.8 Å². The Morgan fingerprint density at radius 3 is 1.92 bits per heavy atom. The second-order valence-electron chi connectivity index (χ2n) is 12.2. The van der Waals surface area contributed by atoms with Gasteiger partial charge in [0.25, 0.3) is 0 Å². The van der Waals surface area contributed by atoms with E-state index >= 15 is 0 Å². The SMILES string of the molecule is NC(=O)CCC1NC(=O)C(Cc2ccc(O)cc2)NC(=O)CNC(=O)C(Cc2ccc3ccccc3c2)NC(=O)C(CCCN=C(N)N)NC1=O. The van der Waals surface area contributed by atoms with Crippen LogP contribution < -0.4 is 43.8 Å². The second kappa shape index (κ2) is 18.0. The molecule has 270 valence electrons. The molecule has 0 bridgehead atoms. The Morgan fingerprint density at radius 2 is 1.25 bits per heavy atom. The van der Waals surface area contributed by atoms with E-state index in [1.807, 2.05) is 42.5 Å². The smallest absolute Gasteiger partial charge is 0.243 e. The van der Waals surface area contributed by atoms with Crippen molar-refractivity contribution in [1.29, 1.82) is 0 Å². The number of nitrogens with one attached hydrogen (secondary N) is 5. The van der Waals surface area contributed by atoms with Gasteiger partial charge in [-0.3, -0.25) is 33.8 Å². The summed E-state index contributed by atoms with van der Waals surface area (Å²) in [5, 5.41) is 24.7. The van der Waals surface area contributed by atoms with Crippen molar-refractivity contribution in [3.8, 4) is 5.75 Å². The minimum absolute atomic E-state index is 0.00513. The number of nitrogens with two attached hydrogens (primary N) is 3. The molecule has 0 radical (unpaired) electrons. The number of carbonyl (C=O) groups excluding carboxylic acids is 6. The summed E-state index contributed by atoms with van der Waals surface area (Å²) in [6.07, 6.45) is -0.194.